The van der Waals surface area contributed by atoms with Gasteiger partial charge in [-0.15, -0.1) is 6.58 Å². The van der Waals surface area contributed by atoms with E-state index in [1.54, 1.807) is 11.0 Å². The van der Waals surface area contributed by atoms with Crippen molar-refractivity contribution in [3.63, 3.8) is 0 Å². The normalized spacial score (nSPS) is 9.88. The number of hydrogen-bond donors (Lipinski definition) is 0. The van der Waals surface area contributed by atoms with E-state index in [2.05, 4.69) is 6.58 Å². The Morgan fingerprint density at radius 2 is 2.06 bits per heavy atom. The largest absolute Gasteiger partial charge is 0.335 e. The van der Waals surface area contributed by atoms with Gasteiger partial charge in [0.2, 0.25) is 0 Å². The molecule has 0 heterocycles. The maximum atomic E-state index is 12.7. The van der Waals surface area contributed by atoms with Crippen LogP contribution in [0.2, 0.25) is 0 Å². The number of nitrogens with zero attached hydrogens (tertiary/aromatic N) is 1. The number of benzene rings is 1. The number of carbonyl (C=O) groups is 1. The molecule has 0 fully saturated rings. The van der Waals surface area contributed by atoms with Gasteiger partial charge < -0.3 is 4.90 Å². The zero-order valence-corrected chi connectivity index (χ0v) is 9.45. The van der Waals surface area contributed by atoms with Crippen molar-refractivity contribution >= 4 is 5.91 Å². The molecule has 0 aliphatic rings. The average Bonchev–Trinajstić information content (AvgIpc) is 2.29. The number of rotatable bonds is 5. The molecule has 86 valence electrons. The zero-order chi connectivity index (χ0) is 12.0. The maximum absolute atomic E-state index is 12.7. The van der Waals surface area contributed by atoms with Gasteiger partial charge in [-0.1, -0.05) is 13.0 Å². The van der Waals surface area contributed by atoms with Crippen LogP contribution in [0.25, 0.3) is 0 Å². The van der Waals surface area contributed by atoms with Crippen LogP contribution < -0.4 is 0 Å². The number of amides is 1. The summed E-state index contributed by atoms with van der Waals surface area (Å²) in [5.74, 6) is -0.413. The topological polar surface area (TPSA) is 20.3 Å². The van der Waals surface area contributed by atoms with Gasteiger partial charge in [0.1, 0.15) is 5.82 Å². The molecule has 3 heteroatoms. The Balaban J connectivity index is 2.80. The van der Waals surface area contributed by atoms with Crippen molar-refractivity contribution in [1.29, 1.82) is 0 Å². The molecule has 0 bridgehead atoms. The molecule has 0 aliphatic heterocycles. The third-order valence-corrected chi connectivity index (χ3v) is 2.22. The molecule has 0 aromatic heterocycles. The minimum Gasteiger partial charge on any atom is -0.335 e. The number of hydrogen-bond acceptors (Lipinski definition) is 1. The third kappa shape index (κ3) is 3.19. The van der Waals surface area contributed by atoms with E-state index in [0.717, 1.165) is 6.42 Å². The monoisotopic (exact) mass is 221 g/mol. The molecule has 0 saturated carbocycles. The van der Waals surface area contributed by atoms with Crippen molar-refractivity contribution in [2.75, 3.05) is 13.1 Å². The fourth-order valence-electron chi connectivity index (χ4n) is 1.48. The summed E-state index contributed by atoms with van der Waals surface area (Å²) < 4.78 is 12.7. The van der Waals surface area contributed by atoms with Crippen molar-refractivity contribution in [3.05, 3.63) is 48.3 Å². The molecule has 1 aromatic carbocycles. The van der Waals surface area contributed by atoms with Crippen molar-refractivity contribution in [1.82, 2.24) is 4.90 Å². The summed E-state index contributed by atoms with van der Waals surface area (Å²) in [6, 6.07) is 5.60. The molecular weight excluding hydrogens is 205 g/mol. The quantitative estimate of drug-likeness (QED) is 0.700. The molecule has 0 spiro atoms. The van der Waals surface area contributed by atoms with Crippen LogP contribution in [0, 0.1) is 5.82 Å². The van der Waals surface area contributed by atoms with Gasteiger partial charge in [-0.05, 0) is 30.7 Å². The maximum Gasteiger partial charge on any atom is 0.254 e. The summed E-state index contributed by atoms with van der Waals surface area (Å²) in [6.45, 7) is 6.83. The van der Waals surface area contributed by atoms with Gasteiger partial charge in [-0.25, -0.2) is 4.39 Å². The molecule has 2 nitrogen and oxygen atoms in total. The van der Waals surface area contributed by atoms with E-state index in [1.165, 1.54) is 24.3 Å². The highest BCUT2D eigenvalue weighted by Crippen LogP contribution is 2.07. The smallest absolute Gasteiger partial charge is 0.254 e. The molecule has 0 unspecified atom stereocenters. The lowest BCUT2D eigenvalue weighted by Gasteiger charge is -2.20. The lowest BCUT2D eigenvalue weighted by Crippen LogP contribution is -2.31. The van der Waals surface area contributed by atoms with Gasteiger partial charge in [-0.3, -0.25) is 4.79 Å². The zero-order valence-electron chi connectivity index (χ0n) is 9.45. The van der Waals surface area contributed by atoms with Crippen molar-refractivity contribution in [3.8, 4) is 0 Å². The highest BCUT2D eigenvalue weighted by atomic mass is 19.1. The van der Waals surface area contributed by atoms with Gasteiger partial charge in [0.15, 0.2) is 0 Å². The summed E-state index contributed by atoms with van der Waals surface area (Å²) in [4.78, 5) is 13.7. The lowest BCUT2D eigenvalue weighted by atomic mass is 10.2. The molecule has 16 heavy (non-hydrogen) atoms. The molecule has 1 aromatic rings. The van der Waals surface area contributed by atoms with Gasteiger partial charge >= 0.3 is 0 Å². The van der Waals surface area contributed by atoms with E-state index in [0.29, 0.717) is 18.7 Å². The summed E-state index contributed by atoms with van der Waals surface area (Å²) >= 11 is 0. The third-order valence-electron chi connectivity index (χ3n) is 2.22. The Labute approximate surface area is 95.4 Å². The van der Waals surface area contributed by atoms with Crippen LogP contribution in [0.15, 0.2) is 36.9 Å². The minimum atomic E-state index is -0.331. The highest BCUT2D eigenvalue weighted by Gasteiger charge is 2.13. The molecule has 1 rings (SSSR count). The summed E-state index contributed by atoms with van der Waals surface area (Å²) in [7, 11) is 0. The second-order valence-corrected chi connectivity index (χ2v) is 3.55. The van der Waals surface area contributed by atoms with Crippen LogP contribution in [0.4, 0.5) is 4.39 Å². The number of carbonyl (C=O) groups excluding carboxylic acids is 1. The molecule has 0 N–H and O–H groups in total. The van der Waals surface area contributed by atoms with Crippen molar-refractivity contribution < 1.29 is 9.18 Å². The van der Waals surface area contributed by atoms with E-state index >= 15 is 0 Å². The van der Waals surface area contributed by atoms with Crippen LogP contribution in [-0.4, -0.2) is 23.9 Å². The van der Waals surface area contributed by atoms with Gasteiger partial charge in [0, 0.05) is 18.7 Å². The summed E-state index contributed by atoms with van der Waals surface area (Å²) in [6.07, 6.45) is 2.58. The first-order valence-electron chi connectivity index (χ1n) is 5.34. The van der Waals surface area contributed by atoms with E-state index in [1.807, 2.05) is 6.92 Å². The summed E-state index contributed by atoms with van der Waals surface area (Å²) in [5.41, 5.74) is 0.511. The summed E-state index contributed by atoms with van der Waals surface area (Å²) in [5, 5.41) is 0. The molecular formula is C13H16FNO. The lowest BCUT2D eigenvalue weighted by molar-refractivity contribution is 0.0774. The van der Waals surface area contributed by atoms with Gasteiger partial charge in [-0.2, -0.15) is 0 Å². The predicted molar refractivity (Wildman–Crippen MR) is 62.8 cm³/mol. The minimum absolute atomic E-state index is 0.0817. The standard InChI is InChI=1S/C13H16FNO/c1-3-9-15(10-4-2)13(16)11-5-7-12(14)8-6-11/h3,5-8H,1,4,9-10H2,2H3. The Hall–Kier alpha value is -1.64. The van der Waals surface area contributed by atoms with Crippen LogP contribution >= 0.6 is 0 Å². The first-order chi connectivity index (χ1) is 7.69. The first-order valence-corrected chi connectivity index (χ1v) is 5.34. The van der Waals surface area contributed by atoms with Crippen molar-refractivity contribution in [2.45, 2.75) is 13.3 Å². The number of halogens is 1. The molecule has 0 radical (unpaired) electrons. The molecule has 1 amide bonds. The van der Waals surface area contributed by atoms with E-state index < -0.39 is 0 Å². The fraction of sp³-hybridized carbons (Fsp3) is 0.308. The van der Waals surface area contributed by atoms with Crippen molar-refractivity contribution in [2.24, 2.45) is 0 Å². The Morgan fingerprint density at radius 3 is 2.56 bits per heavy atom. The van der Waals surface area contributed by atoms with Gasteiger partial charge in [0.05, 0.1) is 0 Å². The molecule has 0 aliphatic carbocycles. The highest BCUT2D eigenvalue weighted by molar-refractivity contribution is 5.94. The van der Waals surface area contributed by atoms with Gasteiger partial charge in [0.25, 0.3) is 5.91 Å². The predicted octanol–water partition coefficient (Wildman–Crippen LogP) is 2.86. The Bertz CT molecular complexity index is 359. The van der Waals surface area contributed by atoms with Crippen LogP contribution in [0.3, 0.4) is 0 Å². The average molecular weight is 221 g/mol. The SMILES string of the molecule is C=CCN(CCC)C(=O)c1ccc(F)cc1. The van der Waals surface area contributed by atoms with E-state index in [-0.39, 0.29) is 11.7 Å². The Morgan fingerprint density at radius 1 is 1.44 bits per heavy atom. The second kappa shape index (κ2) is 6.05. The fourth-order valence-corrected chi connectivity index (χ4v) is 1.48. The van der Waals surface area contributed by atoms with Crippen LogP contribution in [-0.2, 0) is 0 Å². The molecule has 0 saturated heterocycles. The van der Waals surface area contributed by atoms with E-state index in [4.69, 9.17) is 0 Å². The van der Waals surface area contributed by atoms with Crippen LogP contribution in [0.5, 0.6) is 0 Å². The van der Waals surface area contributed by atoms with E-state index in [9.17, 15) is 9.18 Å². The first kappa shape index (κ1) is 12.4. The molecule has 0 atom stereocenters. The second-order valence-electron chi connectivity index (χ2n) is 3.55. The van der Waals surface area contributed by atoms with Crippen LogP contribution in [0.1, 0.15) is 23.7 Å². The Kier molecular flexibility index (Phi) is 4.70.